The first kappa shape index (κ1) is 26.0. The summed E-state index contributed by atoms with van der Waals surface area (Å²) in [7, 11) is 3.91. The second kappa shape index (κ2) is 12.7. The number of nitro groups is 1. The molecule has 2 saturated carbocycles. The summed E-state index contributed by atoms with van der Waals surface area (Å²) >= 11 is 1.61. The first-order valence-corrected chi connectivity index (χ1v) is 12.1. The predicted octanol–water partition coefficient (Wildman–Crippen LogP) is 1.68. The molecular formula is C21H36N6O4S. The molecule has 1 atom stereocenters. The van der Waals surface area contributed by atoms with Gasteiger partial charge >= 0.3 is 0 Å². The third-order valence-corrected chi connectivity index (χ3v) is 6.89. The molecule has 0 saturated heterocycles. The molecule has 0 spiro atoms. The molecule has 1 aromatic rings. The number of amides is 2. The summed E-state index contributed by atoms with van der Waals surface area (Å²) in [5, 5.41) is 20.7. The average molecular weight is 469 g/mol. The molecule has 3 aliphatic carbocycles. The van der Waals surface area contributed by atoms with E-state index in [0.29, 0.717) is 12.0 Å². The monoisotopic (exact) mass is 468 g/mol. The summed E-state index contributed by atoms with van der Waals surface area (Å²) in [6, 6.07) is 0.411. The number of carbonyl (C=O) groups excluding carboxylic acids is 2. The van der Waals surface area contributed by atoms with Crippen molar-refractivity contribution >= 4 is 28.2 Å². The number of fused-ring (bicyclic) bond motifs is 1. The van der Waals surface area contributed by atoms with Crippen LogP contribution in [0.3, 0.4) is 0 Å². The predicted molar refractivity (Wildman–Crippen MR) is 126 cm³/mol. The lowest BCUT2D eigenvalue weighted by Gasteiger charge is -2.22. The van der Waals surface area contributed by atoms with Crippen molar-refractivity contribution in [2.45, 2.75) is 57.9 Å². The number of carbonyl (C=O) groups is 2. The molecule has 1 heterocycles. The number of anilines is 1. The van der Waals surface area contributed by atoms with Crippen LogP contribution in [0.25, 0.3) is 0 Å². The molecule has 6 N–H and O–H groups in total. The summed E-state index contributed by atoms with van der Waals surface area (Å²) in [6.07, 6.45) is 7.32. The van der Waals surface area contributed by atoms with Crippen LogP contribution < -0.4 is 27.1 Å². The molecule has 1 aromatic heterocycles. The topological polar surface area (TPSA) is 151 Å². The minimum Gasteiger partial charge on any atom is -0.352 e. The van der Waals surface area contributed by atoms with Crippen LogP contribution in [0.4, 0.5) is 5.00 Å². The highest BCUT2D eigenvalue weighted by molar-refractivity contribution is 7.17. The molecule has 180 valence electrons. The lowest BCUT2D eigenvalue weighted by atomic mass is 9.91. The molecule has 11 heteroatoms. The maximum atomic E-state index is 12.8. The molecule has 0 aromatic carbocycles. The van der Waals surface area contributed by atoms with E-state index in [-0.39, 0.29) is 17.7 Å². The van der Waals surface area contributed by atoms with Crippen LogP contribution in [0.2, 0.25) is 0 Å². The molecule has 10 nitrogen and oxygen atoms in total. The Morgan fingerprint density at radius 3 is 2.31 bits per heavy atom. The van der Waals surface area contributed by atoms with Gasteiger partial charge in [-0.2, -0.15) is 5.84 Å². The van der Waals surface area contributed by atoms with Gasteiger partial charge in [0, 0.05) is 23.4 Å². The molecule has 0 radical (unpaired) electrons. The lowest BCUT2D eigenvalue weighted by Crippen LogP contribution is -2.33. The molecular weight excluding hydrogens is 432 g/mol. The Bertz CT molecular complexity index is 785. The Morgan fingerprint density at radius 1 is 1.19 bits per heavy atom. The zero-order valence-corrected chi connectivity index (χ0v) is 20.0. The average Bonchev–Trinajstić information content (AvgIpc) is 3.67. The van der Waals surface area contributed by atoms with Crippen molar-refractivity contribution < 1.29 is 14.6 Å². The normalized spacial score (nSPS) is 18.8. The third-order valence-electron chi connectivity index (χ3n) is 5.68. The number of nitrogens with one attached hydrogen (secondary N) is 4. The number of nitrogens with zero attached hydrogens (tertiary/aromatic N) is 1. The Morgan fingerprint density at radius 2 is 1.81 bits per heavy atom. The van der Waals surface area contributed by atoms with E-state index in [0.717, 1.165) is 61.3 Å². The smallest absolute Gasteiger partial charge is 0.254 e. The SMILES string of the molecule is CCNC.CNC1CCc2sc(NC(=O)C3CC3)c(C(=O)NCC3CC3)c2C1.N[N+](=O)[O-]. The van der Waals surface area contributed by atoms with Gasteiger partial charge in [-0.1, -0.05) is 6.92 Å². The fraction of sp³-hybridized carbons (Fsp3) is 0.714. The van der Waals surface area contributed by atoms with Gasteiger partial charge in [0.2, 0.25) is 5.91 Å². The molecule has 3 aliphatic rings. The molecule has 0 bridgehead atoms. The van der Waals surface area contributed by atoms with Gasteiger partial charge in [-0.25, -0.2) is 10.1 Å². The quantitative estimate of drug-likeness (QED) is 0.232. The summed E-state index contributed by atoms with van der Waals surface area (Å²) in [4.78, 5) is 34.9. The molecule has 0 aliphatic heterocycles. The van der Waals surface area contributed by atoms with Crippen LogP contribution >= 0.6 is 11.3 Å². The van der Waals surface area contributed by atoms with E-state index >= 15 is 0 Å². The summed E-state index contributed by atoms with van der Waals surface area (Å²) in [5.41, 5.74) is 1.87. The van der Waals surface area contributed by atoms with Crippen molar-refractivity contribution in [3.05, 3.63) is 26.1 Å². The van der Waals surface area contributed by atoms with E-state index in [1.165, 1.54) is 17.7 Å². The highest BCUT2D eigenvalue weighted by Crippen LogP contribution is 2.40. The maximum absolute atomic E-state index is 12.8. The molecule has 2 amide bonds. The van der Waals surface area contributed by atoms with Gasteiger partial charge in [0.05, 0.1) is 5.56 Å². The van der Waals surface area contributed by atoms with Gasteiger partial charge in [0.15, 0.2) is 5.03 Å². The number of thiophene rings is 1. The van der Waals surface area contributed by atoms with Crippen molar-refractivity contribution in [3.8, 4) is 0 Å². The van der Waals surface area contributed by atoms with Crippen molar-refractivity contribution in [2.24, 2.45) is 17.7 Å². The molecule has 32 heavy (non-hydrogen) atoms. The fourth-order valence-corrected chi connectivity index (χ4v) is 4.61. The Balaban J connectivity index is 0.000000395. The van der Waals surface area contributed by atoms with Crippen LogP contribution in [-0.2, 0) is 17.6 Å². The highest BCUT2D eigenvalue weighted by Gasteiger charge is 2.34. The molecule has 4 rings (SSSR count). The Labute approximate surface area is 193 Å². The van der Waals surface area contributed by atoms with E-state index in [1.54, 1.807) is 11.3 Å². The number of hydrazine groups is 1. The maximum Gasteiger partial charge on any atom is 0.254 e. The minimum atomic E-state index is -1.00. The highest BCUT2D eigenvalue weighted by atomic mass is 32.1. The number of likely N-dealkylation sites (N-methyl/N-ethyl adjacent to an activating group) is 1. The van der Waals surface area contributed by atoms with Crippen LogP contribution in [-0.4, -0.2) is 50.1 Å². The van der Waals surface area contributed by atoms with Crippen LogP contribution in [0.5, 0.6) is 0 Å². The van der Waals surface area contributed by atoms with E-state index in [4.69, 9.17) is 10.1 Å². The second-order valence-corrected chi connectivity index (χ2v) is 9.45. The standard InChI is InChI=1S/C18H25N3O2S.C3H9N.H2N2O2/c1-19-12-6-7-14-13(8-12)15(17(23)20-9-10-2-3-10)18(24-14)21-16(22)11-4-5-11;1-3-4-2;1-2(3)4/h10-12,19H,2-9H2,1H3,(H,20,23)(H,21,22);4H,3H2,1-2H3;1H2. The van der Waals surface area contributed by atoms with Crippen molar-refractivity contribution in [1.29, 1.82) is 0 Å². The number of hydrogen-bond donors (Lipinski definition) is 5. The van der Waals surface area contributed by atoms with E-state index in [9.17, 15) is 9.59 Å². The Kier molecular flexibility index (Phi) is 10.3. The van der Waals surface area contributed by atoms with Gasteiger partial charge in [0.1, 0.15) is 5.00 Å². The Hall–Kier alpha value is -2.24. The molecule has 2 fully saturated rings. The van der Waals surface area contributed by atoms with Crippen molar-refractivity contribution in [1.82, 2.24) is 16.0 Å². The minimum absolute atomic E-state index is 0.0118. The lowest BCUT2D eigenvalue weighted by molar-refractivity contribution is -0.491. The number of rotatable bonds is 7. The summed E-state index contributed by atoms with van der Waals surface area (Å²) in [6.45, 7) is 3.90. The van der Waals surface area contributed by atoms with Gasteiger partial charge in [0.25, 0.3) is 5.91 Å². The van der Waals surface area contributed by atoms with Crippen molar-refractivity contribution in [3.63, 3.8) is 0 Å². The summed E-state index contributed by atoms with van der Waals surface area (Å²) in [5.74, 6) is 4.70. The van der Waals surface area contributed by atoms with E-state index in [1.807, 2.05) is 14.1 Å². The first-order chi connectivity index (χ1) is 15.3. The van der Waals surface area contributed by atoms with Gasteiger partial charge in [-0.3, -0.25) is 9.59 Å². The largest absolute Gasteiger partial charge is 0.352 e. The van der Waals surface area contributed by atoms with Crippen molar-refractivity contribution in [2.75, 3.05) is 32.5 Å². The second-order valence-electron chi connectivity index (χ2n) is 8.35. The fourth-order valence-electron chi connectivity index (χ4n) is 3.37. The van der Waals surface area contributed by atoms with Crippen LogP contribution in [0, 0.1) is 22.0 Å². The van der Waals surface area contributed by atoms with Gasteiger partial charge < -0.3 is 21.3 Å². The zero-order valence-electron chi connectivity index (χ0n) is 19.2. The third kappa shape index (κ3) is 8.36. The number of nitrogens with two attached hydrogens (primary N) is 1. The first-order valence-electron chi connectivity index (χ1n) is 11.2. The van der Waals surface area contributed by atoms with Crippen LogP contribution in [0.1, 0.15) is 59.8 Å². The molecule has 1 unspecified atom stereocenters. The van der Waals surface area contributed by atoms with Gasteiger partial charge in [-0.15, -0.1) is 11.3 Å². The van der Waals surface area contributed by atoms with E-state index < -0.39 is 5.03 Å². The van der Waals surface area contributed by atoms with E-state index in [2.05, 4.69) is 34.0 Å². The number of hydrogen-bond acceptors (Lipinski definition) is 7. The van der Waals surface area contributed by atoms with Gasteiger partial charge in [-0.05, 0) is 77.1 Å². The zero-order chi connectivity index (χ0) is 23.7. The summed E-state index contributed by atoms with van der Waals surface area (Å²) < 4.78 is 0. The number of aryl methyl sites for hydroxylation is 1. The van der Waals surface area contributed by atoms with Crippen LogP contribution in [0.15, 0.2) is 0 Å².